The number of methoxy groups -OCH3 is 1. The first-order chi connectivity index (χ1) is 8.65. The van der Waals surface area contributed by atoms with E-state index in [-0.39, 0.29) is 5.88 Å². The second kappa shape index (κ2) is 7.67. The topological polar surface area (TPSA) is 93.6 Å². The molecule has 0 aliphatic carbocycles. The zero-order valence-electron chi connectivity index (χ0n) is 10.3. The second-order valence-corrected chi connectivity index (χ2v) is 3.76. The molecule has 0 saturated heterocycles. The van der Waals surface area contributed by atoms with Crippen LogP contribution in [0.4, 0.5) is 0 Å². The van der Waals surface area contributed by atoms with Crippen molar-refractivity contribution in [3.8, 4) is 5.88 Å². The first kappa shape index (κ1) is 14.5. The van der Waals surface area contributed by atoms with Crippen molar-refractivity contribution in [3.05, 3.63) is 26.9 Å². The number of nitrogens with one attached hydrogen (secondary N) is 1. The van der Waals surface area contributed by atoms with Gasteiger partial charge in [-0.05, 0) is 12.8 Å². The molecule has 1 rings (SSSR count). The summed E-state index contributed by atoms with van der Waals surface area (Å²) in [7, 11) is 1.61. The first-order valence-corrected chi connectivity index (χ1v) is 5.75. The van der Waals surface area contributed by atoms with E-state index in [4.69, 9.17) is 9.47 Å². The van der Waals surface area contributed by atoms with Crippen LogP contribution in [-0.2, 0) is 16.0 Å². The zero-order chi connectivity index (χ0) is 13.4. The van der Waals surface area contributed by atoms with Gasteiger partial charge in [0.05, 0.1) is 19.3 Å². The molecule has 7 heteroatoms. The predicted molar refractivity (Wildman–Crippen MR) is 64.9 cm³/mol. The van der Waals surface area contributed by atoms with E-state index in [2.05, 4.69) is 4.98 Å². The highest BCUT2D eigenvalue weighted by atomic mass is 16.5. The summed E-state index contributed by atoms with van der Waals surface area (Å²) < 4.78 is 11.2. The fourth-order valence-corrected chi connectivity index (χ4v) is 1.44. The van der Waals surface area contributed by atoms with Crippen LogP contribution < -0.4 is 11.2 Å². The van der Waals surface area contributed by atoms with E-state index >= 15 is 0 Å². The number of nitrogens with zero attached hydrogens (tertiary/aromatic N) is 1. The molecule has 102 valence electrons. The Morgan fingerprint density at radius 1 is 1.28 bits per heavy atom. The number of hydrogen-bond acceptors (Lipinski definition) is 5. The van der Waals surface area contributed by atoms with E-state index in [1.54, 1.807) is 7.11 Å². The average molecular weight is 258 g/mol. The summed E-state index contributed by atoms with van der Waals surface area (Å²) in [6.45, 7) is 2.01. The van der Waals surface area contributed by atoms with E-state index < -0.39 is 11.2 Å². The minimum absolute atomic E-state index is 0.316. The summed E-state index contributed by atoms with van der Waals surface area (Å²) in [5, 5.41) is 9.44. The van der Waals surface area contributed by atoms with Crippen LogP contribution >= 0.6 is 0 Å². The van der Waals surface area contributed by atoms with Crippen molar-refractivity contribution < 1.29 is 14.6 Å². The standard InChI is InChI=1S/C11H18N2O5/c1-17-6-7-18-5-3-2-4-13-10(15)8-9(14)12-11(13)16/h8,15H,2-7H2,1H3,(H,12,14,16). The van der Waals surface area contributed by atoms with Crippen LogP contribution in [0.5, 0.6) is 5.88 Å². The van der Waals surface area contributed by atoms with Gasteiger partial charge in [-0.25, -0.2) is 4.79 Å². The van der Waals surface area contributed by atoms with Crippen molar-refractivity contribution in [2.24, 2.45) is 0 Å². The molecule has 0 fully saturated rings. The van der Waals surface area contributed by atoms with Gasteiger partial charge >= 0.3 is 5.69 Å². The molecule has 0 aliphatic rings. The van der Waals surface area contributed by atoms with Gasteiger partial charge in [-0.3, -0.25) is 14.3 Å². The highest BCUT2D eigenvalue weighted by molar-refractivity contribution is 5.05. The maximum atomic E-state index is 11.4. The molecular weight excluding hydrogens is 240 g/mol. The number of hydrogen-bond donors (Lipinski definition) is 2. The molecule has 0 aliphatic heterocycles. The molecule has 0 unspecified atom stereocenters. The Bertz CT molecular complexity index is 465. The third-order valence-corrected chi connectivity index (χ3v) is 2.36. The third kappa shape index (κ3) is 4.72. The summed E-state index contributed by atoms with van der Waals surface area (Å²) in [5.74, 6) is -0.316. The maximum absolute atomic E-state index is 11.4. The number of unbranched alkanes of at least 4 members (excludes halogenated alkanes) is 1. The van der Waals surface area contributed by atoms with Crippen LogP contribution in [-0.4, -0.2) is 41.6 Å². The zero-order valence-corrected chi connectivity index (χ0v) is 10.3. The molecule has 1 heterocycles. The van der Waals surface area contributed by atoms with E-state index in [1.165, 1.54) is 0 Å². The smallest absolute Gasteiger partial charge is 0.331 e. The molecule has 18 heavy (non-hydrogen) atoms. The summed E-state index contributed by atoms with van der Waals surface area (Å²) in [5.41, 5.74) is -1.20. The summed E-state index contributed by atoms with van der Waals surface area (Å²) in [6, 6.07) is 0.983. The maximum Gasteiger partial charge on any atom is 0.331 e. The Hall–Kier alpha value is -1.60. The number of aromatic hydroxyl groups is 1. The van der Waals surface area contributed by atoms with Crippen molar-refractivity contribution in [3.63, 3.8) is 0 Å². The predicted octanol–water partition coefficient (Wildman–Crippen LogP) is -0.315. The third-order valence-electron chi connectivity index (χ3n) is 2.36. The van der Waals surface area contributed by atoms with Crippen molar-refractivity contribution >= 4 is 0 Å². The lowest BCUT2D eigenvalue weighted by molar-refractivity contribution is 0.0683. The van der Waals surface area contributed by atoms with Crippen LogP contribution in [0.2, 0.25) is 0 Å². The largest absolute Gasteiger partial charge is 0.494 e. The van der Waals surface area contributed by atoms with Crippen molar-refractivity contribution in [2.45, 2.75) is 19.4 Å². The molecule has 7 nitrogen and oxygen atoms in total. The van der Waals surface area contributed by atoms with Gasteiger partial charge in [0.2, 0.25) is 5.88 Å². The quantitative estimate of drug-likeness (QED) is 0.624. The summed E-state index contributed by atoms with van der Waals surface area (Å²) in [4.78, 5) is 24.3. The lowest BCUT2D eigenvalue weighted by atomic mass is 10.3. The van der Waals surface area contributed by atoms with Gasteiger partial charge in [0.15, 0.2) is 0 Å². The van der Waals surface area contributed by atoms with E-state index in [0.29, 0.717) is 32.8 Å². The monoisotopic (exact) mass is 258 g/mol. The van der Waals surface area contributed by atoms with Gasteiger partial charge in [-0.15, -0.1) is 0 Å². The molecule has 0 aromatic carbocycles. The molecular formula is C11H18N2O5. The number of aromatic nitrogens is 2. The van der Waals surface area contributed by atoms with Crippen LogP contribution in [0.15, 0.2) is 15.7 Å². The second-order valence-electron chi connectivity index (χ2n) is 3.76. The van der Waals surface area contributed by atoms with Gasteiger partial charge in [-0.1, -0.05) is 0 Å². The van der Waals surface area contributed by atoms with Crippen molar-refractivity contribution in [1.29, 1.82) is 0 Å². The van der Waals surface area contributed by atoms with E-state index in [0.717, 1.165) is 17.1 Å². The van der Waals surface area contributed by atoms with Crippen LogP contribution in [0.1, 0.15) is 12.8 Å². The molecule has 0 amide bonds. The molecule has 1 aromatic rings. The molecule has 0 spiro atoms. The normalized spacial score (nSPS) is 10.7. The Labute approximate surface area is 104 Å². The number of H-pyrrole nitrogens is 1. The molecule has 0 bridgehead atoms. The molecule has 2 N–H and O–H groups in total. The lowest BCUT2D eigenvalue weighted by Gasteiger charge is -2.07. The Morgan fingerprint density at radius 3 is 2.72 bits per heavy atom. The van der Waals surface area contributed by atoms with Gasteiger partial charge in [-0.2, -0.15) is 0 Å². The number of ether oxygens (including phenoxy) is 2. The van der Waals surface area contributed by atoms with Gasteiger partial charge < -0.3 is 14.6 Å². The van der Waals surface area contributed by atoms with Crippen LogP contribution in [0.3, 0.4) is 0 Å². The summed E-state index contributed by atoms with van der Waals surface area (Å²) >= 11 is 0. The highest BCUT2D eigenvalue weighted by Crippen LogP contribution is 2.02. The molecule has 0 atom stereocenters. The number of rotatable bonds is 8. The average Bonchev–Trinajstić information content (AvgIpc) is 2.30. The van der Waals surface area contributed by atoms with Crippen molar-refractivity contribution in [2.75, 3.05) is 26.9 Å². The van der Waals surface area contributed by atoms with Crippen molar-refractivity contribution in [1.82, 2.24) is 9.55 Å². The van der Waals surface area contributed by atoms with Gasteiger partial charge in [0, 0.05) is 20.3 Å². The Morgan fingerprint density at radius 2 is 2.06 bits per heavy atom. The minimum Gasteiger partial charge on any atom is -0.494 e. The first-order valence-electron chi connectivity index (χ1n) is 5.75. The van der Waals surface area contributed by atoms with E-state index in [9.17, 15) is 14.7 Å². The Balaban J connectivity index is 2.32. The lowest BCUT2D eigenvalue weighted by Crippen LogP contribution is -2.29. The number of aromatic amines is 1. The molecule has 0 radical (unpaired) electrons. The fourth-order valence-electron chi connectivity index (χ4n) is 1.44. The molecule has 0 saturated carbocycles. The van der Waals surface area contributed by atoms with Gasteiger partial charge in [0.25, 0.3) is 5.56 Å². The van der Waals surface area contributed by atoms with E-state index in [1.807, 2.05) is 0 Å². The van der Waals surface area contributed by atoms with Crippen LogP contribution in [0.25, 0.3) is 0 Å². The molecule has 1 aromatic heterocycles. The SMILES string of the molecule is COCCOCCCCn1c(O)cc(=O)[nH]c1=O. The minimum atomic E-state index is -0.600. The summed E-state index contributed by atoms with van der Waals surface area (Å²) in [6.07, 6.45) is 1.43. The van der Waals surface area contributed by atoms with Gasteiger partial charge in [0.1, 0.15) is 0 Å². The fraction of sp³-hybridized carbons (Fsp3) is 0.636. The Kier molecular flexibility index (Phi) is 6.16. The van der Waals surface area contributed by atoms with Crippen LogP contribution in [0, 0.1) is 0 Å². The highest BCUT2D eigenvalue weighted by Gasteiger charge is 2.03.